The third-order valence-electron chi connectivity index (χ3n) is 7.62. The number of anilines is 1. The molecule has 0 bridgehead atoms. The van der Waals surface area contributed by atoms with Crippen molar-refractivity contribution in [1.29, 1.82) is 0 Å². The third-order valence-corrected chi connectivity index (χ3v) is 7.62. The van der Waals surface area contributed by atoms with Gasteiger partial charge in [-0.05, 0) is 86.3 Å². The van der Waals surface area contributed by atoms with Gasteiger partial charge in [-0.2, -0.15) is 0 Å². The molecule has 2 fully saturated rings. The molecule has 0 spiro atoms. The van der Waals surface area contributed by atoms with Crippen LogP contribution in [0.5, 0.6) is 0 Å². The van der Waals surface area contributed by atoms with E-state index in [-0.39, 0.29) is 23.2 Å². The summed E-state index contributed by atoms with van der Waals surface area (Å²) in [5.74, 6) is 1.36. The molecule has 2 N–H and O–H groups in total. The quantitative estimate of drug-likeness (QED) is 0.451. The molecule has 5 atom stereocenters. The number of hydrogen-bond donors (Lipinski definition) is 2. The number of rotatable bonds is 5. The number of aliphatic hydroxyl groups is 1. The van der Waals surface area contributed by atoms with Crippen molar-refractivity contribution >= 4 is 11.6 Å². The van der Waals surface area contributed by atoms with E-state index in [9.17, 15) is 14.3 Å². The lowest BCUT2D eigenvalue weighted by atomic mass is 9.50. The number of benzene rings is 1. The monoisotopic (exact) mass is 413 g/mol. The minimum Gasteiger partial charge on any atom is -0.393 e. The zero-order chi connectivity index (χ0) is 22.1. The molecule has 3 nitrogen and oxygen atoms in total. The van der Waals surface area contributed by atoms with Crippen LogP contribution in [0.2, 0.25) is 0 Å². The summed E-state index contributed by atoms with van der Waals surface area (Å²) in [6.45, 7) is 13.1. The second-order valence-corrected chi connectivity index (χ2v) is 10.1. The molecule has 30 heavy (non-hydrogen) atoms. The van der Waals surface area contributed by atoms with Crippen molar-refractivity contribution in [2.45, 2.75) is 65.9 Å². The average molecular weight is 414 g/mol. The second-order valence-electron chi connectivity index (χ2n) is 10.1. The topological polar surface area (TPSA) is 49.3 Å². The van der Waals surface area contributed by atoms with Crippen LogP contribution in [0.25, 0.3) is 0 Å². The van der Waals surface area contributed by atoms with Crippen LogP contribution in [0.4, 0.5) is 10.1 Å². The first-order chi connectivity index (χ1) is 14.1. The summed E-state index contributed by atoms with van der Waals surface area (Å²) in [6, 6.07) is 5.93. The molecule has 5 unspecified atom stereocenters. The number of carbonyl (C=O) groups excluding carboxylic acids is 1. The standard InChI is InChI=1S/C26H36FNO2/c1-16(13-24(30)28-20-8-6-7-19(27)15-20)9-11-21-17(2)10-12-22-25(21)18(3)14-23(29)26(22,4)5/h6-8,13,15,18,21-23,25,29H,2,9-12,14H2,1,3-5H3,(H,28,30)/b16-13+. The van der Waals surface area contributed by atoms with Gasteiger partial charge in [0.25, 0.3) is 0 Å². The van der Waals surface area contributed by atoms with Crippen molar-refractivity contribution in [2.75, 3.05) is 5.32 Å². The molecule has 0 aliphatic heterocycles. The third kappa shape index (κ3) is 4.85. The lowest BCUT2D eigenvalue weighted by Crippen LogP contribution is -2.52. The summed E-state index contributed by atoms with van der Waals surface area (Å²) >= 11 is 0. The van der Waals surface area contributed by atoms with Gasteiger partial charge in [0.05, 0.1) is 6.10 Å². The summed E-state index contributed by atoms with van der Waals surface area (Å²) in [5, 5.41) is 13.4. The molecular formula is C26H36FNO2. The Kier molecular flexibility index (Phi) is 6.86. The minimum atomic E-state index is -0.367. The Morgan fingerprint density at radius 1 is 1.40 bits per heavy atom. The molecule has 1 amide bonds. The predicted molar refractivity (Wildman–Crippen MR) is 120 cm³/mol. The molecule has 2 aliphatic carbocycles. The van der Waals surface area contributed by atoms with Gasteiger partial charge in [-0.3, -0.25) is 4.79 Å². The SMILES string of the molecule is C=C1CCC2C(C(C)CC(O)C2(C)C)C1CC/C(C)=C/C(=O)Nc1cccc(F)c1. The molecule has 1 aromatic rings. The molecule has 4 heteroatoms. The maximum atomic E-state index is 13.3. The Hall–Kier alpha value is -1.94. The average Bonchev–Trinajstić information content (AvgIpc) is 2.65. The Morgan fingerprint density at radius 3 is 2.83 bits per heavy atom. The van der Waals surface area contributed by atoms with Crippen LogP contribution in [0, 0.1) is 34.9 Å². The van der Waals surface area contributed by atoms with Crippen molar-refractivity contribution < 1.29 is 14.3 Å². The Balaban J connectivity index is 1.65. The first-order valence-electron chi connectivity index (χ1n) is 11.2. The van der Waals surface area contributed by atoms with Gasteiger partial charge in [-0.1, -0.05) is 44.6 Å². The first kappa shape index (κ1) is 22.7. The lowest BCUT2D eigenvalue weighted by molar-refractivity contribution is -0.112. The summed E-state index contributed by atoms with van der Waals surface area (Å²) in [7, 11) is 0. The van der Waals surface area contributed by atoms with E-state index in [2.05, 4.69) is 32.7 Å². The summed E-state index contributed by atoms with van der Waals surface area (Å²) in [6.07, 6.45) is 6.17. The predicted octanol–water partition coefficient (Wildman–Crippen LogP) is 6.12. The molecule has 164 valence electrons. The number of hydrogen-bond acceptors (Lipinski definition) is 2. The van der Waals surface area contributed by atoms with Gasteiger partial charge in [0.1, 0.15) is 5.82 Å². The highest BCUT2D eigenvalue weighted by Crippen LogP contribution is 2.56. The van der Waals surface area contributed by atoms with Crippen LogP contribution in [0.1, 0.15) is 59.8 Å². The molecule has 0 saturated heterocycles. The highest BCUT2D eigenvalue weighted by atomic mass is 19.1. The van der Waals surface area contributed by atoms with E-state index in [1.165, 1.54) is 17.7 Å². The zero-order valence-electron chi connectivity index (χ0n) is 18.7. The van der Waals surface area contributed by atoms with Crippen molar-refractivity contribution in [3.05, 3.63) is 53.9 Å². The number of fused-ring (bicyclic) bond motifs is 1. The van der Waals surface area contributed by atoms with Crippen LogP contribution in [0.3, 0.4) is 0 Å². The van der Waals surface area contributed by atoms with Crippen LogP contribution >= 0.6 is 0 Å². The van der Waals surface area contributed by atoms with Gasteiger partial charge in [0.2, 0.25) is 5.91 Å². The normalized spacial score (nSPS) is 31.2. The molecule has 2 aliphatic rings. The van der Waals surface area contributed by atoms with Crippen molar-refractivity contribution in [3.63, 3.8) is 0 Å². The minimum absolute atomic E-state index is 0.0636. The van der Waals surface area contributed by atoms with Crippen LogP contribution in [-0.4, -0.2) is 17.1 Å². The molecule has 2 saturated carbocycles. The number of amides is 1. The maximum Gasteiger partial charge on any atom is 0.248 e. The fourth-order valence-corrected chi connectivity index (χ4v) is 5.81. The summed E-state index contributed by atoms with van der Waals surface area (Å²) in [4.78, 5) is 12.3. The zero-order valence-corrected chi connectivity index (χ0v) is 18.7. The summed E-state index contributed by atoms with van der Waals surface area (Å²) < 4.78 is 13.3. The van der Waals surface area contributed by atoms with Gasteiger partial charge in [-0.25, -0.2) is 4.39 Å². The Labute approximate surface area is 180 Å². The van der Waals surface area contributed by atoms with E-state index in [1.54, 1.807) is 18.2 Å². The van der Waals surface area contributed by atoms with E-state index in [4.69, 9.17) is 0 Å². The molecule has 0 aromatic heterocycles. The fraction of sp³-hybridized carbons (Fsp3) is 0.577. The number of nitrogens with one attached hydrogen (secondary N) is 1. The van der Waals surface area contributed by atoms with Gasteiger partial charge in [0.15, 0.2) is 0 Å². The highest BCUT2D eigenvalue weighted by Gasteiger charge is 2.51. The van der Waals surface area contributed by atoms with E-state index in [1.807, 2.05) is 6.92 Å². The summed E-state index contributed by atoms with van der Waals surface area (Å²) in [5.41, 5.74) is 2.74. The van der Waals surface area contributed by atoms with Crippen molar-refractivity contribution in [3.8, 4) is 0 Å². The van der Waals surface area contributed by atoms with E-state index < -0.39 is 0 Å². The van der Waals surface area contributed by atoms with Gasteiger partial charge >= 0.3 is 0 Å². The molecular weight excluding hydrogens is 377 g/mol. The van der Waals surface area contributed by atoms with Crippen LogP contribution < -0.4 is 5.32 Å². The van der Waals surface area contributed by atoms with E-state index >= 15 is 0 Å². The largest absolute Gasteiger partial charge is 0.393 e. The molecule has 1 aromatic carbocycles. The van der Waals surface area contributed by atoms with Crippen molar-refractivity contribution in [1.82, 2.24) is 0 Å². The number of allylic oxidation sites excluding steroid dienone is 2. The van der Waals surface area contributed by atoms with E-state index in [0.717, 1.165) is 37.7 Å². The van der Waals surface area contributed by atoms with Gasteiger partial charge in [0, 0.05) is 11.8 Å². The Bertz CT molecular complexity index is 828. The second kappa shape index (κ2) is 9.05. The fourth-order valence-electron chi connectivity index (χ4n) is 5.81. The van der Waals surface area contributed by atoms with Crippen LogP contribution in [-0.2, 0) is 4.79 Å². The number of carbonyl (C=O) groups is 1. The van der Waals surface area contributed by atoms with Crippen molar-refractivity contribution in [2.24, 2.45) is 29.1 Å². The number of halogens is 1. The Morgan fingerprint density at radius 2 is 2.13 bits per heavy atom. The smallest absolute Gasteiger partial charge is 0.248 e. The van der Waals surface area contributed by atoms with Gasteiger partial charge in [-0.15, -0.1) is 0 Å². The molecule has 0 heterocycles. The number of aliphatic hydroxyl groups excluding tert-OH is 1. The molecule has 3 rings (SSSR count). The first-order valence-corrected chi connectivity index (χ1v) is 11.2. The highest BCUT2D eigenvalue weighted by molar-refractivity contribution is 5.99. The molecule has 0 radical (unpaired) electrons. The maximum absolute atomic E-state index is 13.3. The van der Waals surface area contributed by atoms with Crippen LogP contribution in [0.15, 0.2) is 48.1 Å². The van der Waals surface area contributed by atoms with Gasteiger partial charge < -0.3 is 10.4 Å². The lowest BCUT2D eigenvalue weighted by Gasteiger charge is -2.55. The van der Waals surface area contributed by atoms with E-state index in [0.29, 0.717) is 29.4 Å².